The van der Waals surface area contributed by atoms with Gasteiger partial charge in [0, 0.05) is 19.2 Å². The maximum Gasteiger partial charge on any atom is 0.251 e. The van der Waals surface area contributed by atoms with Crippen molar-refractivity contribution in [1.82, 2.24) is 14.1 Å². The van der Waals surface area contributed by atoms with Crippen LogP contribution in [0.4, 0.5) is 5.69 Å². The van der Waals surface area contributed by atoms with Crippen LogP contribution < -0.4 is 9.62 Å². The van der Waals surface area contributed by atoms with Crippen LogP contribution in [0, 0.1) is 0 Å². The Kier molecular flexibility index (Phi) is 4.69. The third kappa shape index (κ3) is 3.94. The predicted octanol–water partition coefficient (Wildman–Crippen LogP) is 2.02. The number of fused-ring (bicyclic) bond motifs is 1. The number of hydrogen-bond donors (Lipinski definition) is 1. The van der Waals surface area contributed by atoms with Crippen LogP contribution in [-0.4, -0.2) is 36.4 Å². The van der Waals surface area contributed by atoms with E-state index in [1.165, 1.54) is 7.05 Å². The van der Waals surface area contributed by atoms with Gasteiger partial charge in [-0.2, -0.15) is 8.75 Å². The van der Waals surface area contributed by atoms with Crippen LogP contribution >= 0.6 is 11.7 Å². The summed E-state index contributed by atoms with van der Waals surface area (Å²) in [6.07, 6.45) is 1.13. The molecule has 0 radical (unpaired) electrons. The fourth-order valence-corrected chi connectivity index (χ4v) is 3.26. The van der Waals surface area contributed by atoms with Gasteiger partial charge in [0.05, 0.1) is 23.7 Å². The van der Waals surface area contributed by atoms with Crippen LogP contribution in [0.25, 0.3) is 11.0 Å². The molecule has 1 N–H and O–H groups in total. The molecule has 0 bridgehead atoms. The van der Waals surface area contributed by atoms with Gasteiger partial charge in [0.15, 0.2) is 0 Å². The van der Waals surface area contributed by atoms with E-state index >= 15 is 0 Å². The normalized spacial score (nSPS) is 11.4. The van der Waals surface area contributed by atoms with Gasteiger partial charge in [-0.1, -0.05) is 6.07 Å². The van der Waals surface area contributed by atoms with E-state index in [4.69, 9.17) is 0 Å². The monoisotopic (exact) mass is 376 g/mol. The summed E-state index contributed by atoms with van der Waals surface area (Å²) in [5.41, 5.74) is 3.54. The maximum atomic E-state index is 12.2. The van der Waals surface area contributed by atoms with Crippen molar-refractivity contribution >= 4 is 44.4 Å². The summed E-state index contributed by atoms with van der Waals surface area (Å²) >= 11 is 1.15. The Bertz CT molecular complexity index is 1010. The second kappa shape index (κ2) is 6.77. The number of carbonyl (C=O) groups is 1. The zero-order valence-electron chi connectivity index (χ0n) is 13.6. The van der Waals surface area contributed by atoms with Crippen LogP contribution in [0.1, 0.15) is 15.9 Å². The first-order valence-electron chi connectivity index (χ1n) is 7.38. The maximum absolute atomic E-state index is 12.2. The summed E-state index contributed by atoms with van der Waals surface area (Å²) in [6, 6.07) is 12.1. The lowest BCUT2D eigenvalue weighted by atomic mass is 10.1. The Morgan fingerprint density at radius 1 is 1.12 bits per heavy atom. The fourth-order valence-electron chi connectivity index (χ4n) is 2.24. The molecule has 3 rings (SSSR count). The highest BCUT2D eigenvalue weighted by Crippen LogP contribution is 2.17. The summed E-state index contributed by atoms with van der Waals surface area (Å²) < 4.78 is 32.5. The molecule has 0 saturated heterocycles. The van der Waals surface area contributed by atoms with Crippen molar-refractivity contribution in [3.05, 3.63) is 53.6 Å². The van der Waals surface area contributed by atoms with Gasteiger partial charge in [0.2, 0.25) is 10.0 Å². The van der Waals surface area contributed by atoms with E-state index in [-0.39, 0.29) is 5.91 Å². The molecule has 0 unspecified atom stereocenters. The Hall–Kier alpha value is -2.52. The Balaban J connectivity index is 1.66. The number of rotatable bonds is 5. The number of anilines is 1. The Morgan fingerprint density at radius 2 is 1.80 bits per heavy atom. The summed E-state index contributed by atoms with van der Waals surface area (Å²) in [5.74, 6) is -0.231. The second-order valence-electron chi connectivity index (χ2n) is 5.55. The topological polar surface area (TPSA) is 92.3 Å². The molecule has 0 aliphatic rings. The third-order valence-electron chi connectivity index (χ3n) is 3.76. The van der Waals surface area contributed by atoms with Crippen molar-refractivity contribution in [2.24, 2.45) is 0 Å². The molecule has 1 aromatic heterocycles. The second-order valence-corrected chi connectivity index (χ2v) is 8.09. The van der Waals surface area contributed by atoms with Crippen molar-refractivity contribution < 1.29 is 13.2 Å². The van der Waals surface area contributed by atoms with E-state index in [9.17, 15) is 13.2 Å². The van der Waals surface area contributed by atoms with Gasteiger partial charge >= 0.3 is 0 Å². The third-order valence-corrected chi connectivity index (χ3v) is 5.52. The van der Waals surface area contributed by atoms with Gasteiger partial charge in [-0.25, -0.2) is 8.42 Å². The van der Waals surface area contributed by atoms with Crippen molar-refractivity contribution in [2.75, 3.05) is 17.6 Å². The molecule has 3 aromatic rings. The molecule has 0 fully saturated rings. The van der Waals surface area contributed by atoms with Crippen LogP contribution in [0.15, 0.2) is 42.5 Å². The van der Waals surface area contributed by atoms with Crippen molar-refractivity contribution in [3.8, 4) is 0 Å². The van der Waals surface area contributed by atoms with E-state index < -0.39 is 10.0 Å². The lowest BCUT2D eigenvalue weighted by molar-refractivity contribution is 0.0951. The molecule has 130 valence electrons. The number of nitrogens with zero attached hydrogens (tertiary/aromatic N) is 3. The molecule has 0 aliphatic carbocycles. The van der Waals surface area contributed by atoms with Gasteiger partial charge in [-0.3, -0.25) is 9.10 Å². The van der Waals surface area contributed by atoms with Crippen LogP contribution in [0.2, 0.25) is 0 Å². The Morgan fingerprint density at radius 3 is 2.48 bits per heavy atom. The first kappa shape index (κ1) is 17.3. The van der Waals surface area contributed by atoms with Crippen molar-refractivity contribution in [3.63, 3.8) is 0 Å². The minimum absolute atomic E-state index is 0.231. The van der Waals surface area contributed by atoms with Crippen molar-refractivity contribution in [2.45, 2.75) is 6.54 Å². The zero-order chi connectivity index (χ0) is 18.0. The van der Waals surface area contributed by atoms with Crippen LogP contribution in [0.5, 0.6) is 0 Å². The molecule has 25 heavy (non-hydrogen) atoms. The number of aromatic nitrogens is 2. The first-order chi connectivity index (χ1) is 11.8. The van der Waals surface area contributed by atoms with E-state index in [0.29, 0.717) is 17.8 Å². The lowest BCUT2D eigenvalue weighted by Gasteiger charge is -2.16. The minimum atomic E-state index is -3.33. The van der Waals surface area contributed by atoms with E-state index in [0.717, 1.165) is 38.9 Å². The molecule has 7 nitrogen and oxygen atoms in total. The highest BCUT2D eigenvalue weighted by molar-refractivity contribution is 7.92. The molecule has 0 aliphatic heterocycles. The molecule has 1 heterocycles. The smallest absolute Gasteiger partial charge is 0.251 e. The fraction of sp³-hybridized carbons (Fsp3) is 0.188. The van der Waals surface area contributed by atoms with Crippen molar-refractivity contribution in [1.29, 1.82) is 0 Å². The van der Waals surface area contributed by atoms with Crippen LogP contribution in [-0.2, 0) is 16.6 Å². The number of carbonyl (C=O) groups excluding carboxylic acids is 1. The van der Waals surface area contributed by atoms with Gasteiger partial charge in [0.1, 0.15) is 11.0 Å². The molecule has 2 aromatic carbocycles. The highest BCUT2D eigenvalue weighted by Gasteiger charge is 2.13. The SMILES string of the molecule is CN(c1ccc(C(=O)NCc2ccc3nsnc3c2)cc1)S(C)(=O)=O. The Labute approximate surface area is 149 Å². The lowest BCUT2D eigenvalue weighted by Crippen LogP contribution is -2.25. The molecular weight excluding hydrogens is 360 g/mol. The number of nitrogens with one attached hydrogen (secondary N) is 1. The average molecular weight is 376 g/mol. The van der Waals surface area contributed by atoms with Gasteiger partial charge in [-0.05, 0) is 42.0 Å². The van der Waals surface area contributed by atoms with Gasteiger partial charge < -0.3 is 5.32 Å². The number of hydrogen-bond acceptors (Lipinski definition) is 6. The predicted molar refractivity (Wildman–Crippen MR) is 98.3 cm³/mol. The minimum Gasteiger partial charge on any atom is -0.348 e. The zero-order valence-corrected chi connectivity index (χ0v) is 15.3. The summed E-state index contributed by atoms with van der Waals surface area (Å²) in [7, 11) is -1.86. The first-order valence-corrected chi connectivity index (χ1v) is 9.96. The largest absolute Gasteiger partial charge is 0.348 e. The number of amides is 1. The standard InChI is InChI=1S/C16H16N4O3S2/c1-20(25(2,22)23)13-6-4-12(5-7-13)16(21)17-10-11-3-8-14-15(9-11)19-24-18-14/h3-9H,10H2,1-2H3,(H,17,21). The van der Waals surface area contributed by atoms with Gasteiger partial charge in [0.25, 0.3) is 5.91 Å². The van der Waals surface area contributed by atoms with E-state index in [2.05, 4.69) is 14.1 Å². The van der Waals surface area contributed by atoms with E-state index in [1.807, 2.05) is 18.2 Å². The van der Waals surface area contributed by atoms with Crippen LogP contribution in [0.3, 0.4) is 0 Å². The van der Waals surface area contributed by atoms with E-state index in [1.54, 1.807) is 24.3 Å². The molecule has 0 saturated carbocycles. The molecule has 1 amide bonds. The average Bonchev–Trinajstić information content (AvgIpc) is 3.06. The molecule has 9 heteroatoms. The summed E-state index contributed by atoms with van der Waals surface area (Å²) in [6.45, 7) is 0.372. The summed E-state index contributed by atoms with van der Waals surface area (Å²) in [5, 5.41) is 2.84. The molecular formula is C16H16N4O3S2. The molecule has 0 atom stereocenters. The highest BCUT2D eigenvalue weighted by atomic mass is 32.2. The van der Waals surface area contributed by atoms with Gasteiger partial charge in [-0.15, -0.1) is 0 Å². The molecule has 0 spiro atoms. The number of benzene rings is 2. The quantitative estimate of drug-likeness (QED) is 0.735. The number of sulfonamides is 1. The summed E-state index contributed by atoms with van der Waals surface area (Å²) in [4.78, 5) is 12.2.